The number of fused-ring (bicyclic) bond motifs is 1. The van der Waals surface area contributed by atoms with Crippen molar-refractivity contribution in [3.05, 3.63) is 39.0 Å². The lowest BCUT2D eigenvalue weighted by atomic mass is 10.1. The fourth-order valence-corrected chi connectivity index (χ4v) is 3.84. The van der Waals surface area contributed by atoms with Crippen LogP contribution in [0.1, 0.15) is 17.4 Å². The summed E-state index contributed by atoms with van der Waals surface area (Å²) in [4.78, 5) is 21.9. The van der Waals surface area contributed by atoms with Gasteiger partial charge in [0.1, 0.15) is 10.7 Å². The van der Waals surface area contributed by atoms with Crippen LogP contribution in [0.4, 0.5) is 0 Å². The first-order valence-electron chi connectivity index (χ1n) is 7.33. The predicted molar refractivity (Wildman–Crippen MR) is 92.9 cm³/mol. The number of rotatable bonds is 4. The van der Waals surface area contributed by atoms with Crippen LogP contribution in [-0.4, -0.2) is 24.2 Å². The highest BCUT2D eigenvalue weighted by Gasteiger charge is 2.15. The van der Waals surface area contributed by atoms with Gasteiger partial charge in [-0.15, -0.1) is 11.3 Å². The normalized spacial score (nSPS) is 11.0. The number of hydrogen-bond donors (Lipinski definition) is 1. The molecule has 0 atom stereocenters. The monoisotopic (exact) mass is 330 g/mol. The van der Waals surface area contributed by atoms with Crippen molar-refractivity contribution in [1.29, 1.82) is 0 Å². The van der Waals surface area contributed by atoms with Crippen molar-refractivity contribution in [2.45, 2.75) is 20.3 Å². The summed E-state index contributed by atoms with van der Waals surface area (Å²) >= 11 is 1.56. The van der Waals surface area contributed by atoms with Crippen molar-refractivity contribution < 1.29 is 9.47 Å². The molecule has 0 amide bonds. The predicted octanol–water partition coefficient (Wildman–Crippen LogP) is 3.54. The summed E-state index contributed by atoms with van der Waals surface area (Å²) in [5.74, 6) is 1.77. The molecule has 0 saturated heterocycles. The van der Waals surface area contributed by atoms with E-state index < -0.39 is 0 Å². The van der Waals surface area contributed by atoms with Crippen LogP contribution in [0, 0.1) is 6.92 Å². The second-order valence-corrected chi connectivity index (χ2v) is 6.36. The Morgan fingerprint density at radius 1 is 1.22 bits per heavy atom. The van der Waals surface area contributed by atoms with Crippen molar-refractivity contribution in [2.24, 2.45) is 0 Å². The van der Waals surface area contributed by atoms with E-state index in [0.29, 0.717) is 22.7 Å². The topological polar surface area (TPSA) is 64.2 Å². The Morgan fingerprint density at radius 3 is 2.61 bits per heavy atom. The van der Waals surface area contributed by atoms with Crippen molar-refractivity contribution in [3.8, 4) is 22.9 Å². The maximum atomic E-state index is 12.5. The maximum Gasteiger partial charge on any atom is 0.260 e. The number of aromatic nitrogens is 2. The number of benzene rings is 1. The highest BCUT2D eigenvalue weighted by atomic mass is 32.1. The minimum absolute atomic E-state index is 0.0963. The number of nitrogens with zero attached hydrogens (tertiary/aromatic N) is 1. The van der Waals surface area contributed by atoms with Gasteiger partial charge < -0.3 is 14.5 Å². The van der Waals surface area contributed by atoms with E-state index in [1.807, 2.05) is 19.1 Å². The molecule has 0 bridgehead atoms. The van der Waals surface area contributed by atoms with Gasteiger partial charge in [-0.25, -0.2) is 4.98 Å². The molecule has 2 aromatic heterocycles. The molecule has 0 fully saturated rings. The standard InChI is InChI=1S/C17H18N2O3S/c1-5-11-9(2)23-17-14(11)16(20)18-15(19-17)10-6-7-12(21-3)13(8-10)22-4/h6-8H,5H2,1-4H3,(H,18,19,20). The summed E-state index contributed by atoms with van der Waals surface area (Å²) < 4.78 is 10.6. The molecule has 0 aliphatic rings. The second-order valence-electron chi connectivity index (χ2n) is 5.15. The smallest absolute Gasteiger partial charge is 0.260 e. The molecule has 5 nitrogen and oxygen atoms in total. The van der Waals surface area contributed by atoms with Gasteiger partial charge >= 0.3 is 0 Å². The summed E-state index contributed by atoms with van der Waals surface area (Å²) in [6, 6.07) is 5.46. The van der Waals surface area contributed by atoms with Gasteiger partial charge in [0.15, 0.2) is 11.5 Å². The lowest BCUT2D eigenvalue weighted by Gasteiger charge is -2.09. The molecular formula is C17H18N2O3S. The fourth-order valence-electron chi connectivity index (χ4n) is 2.72. The number of methoxy groups -OCH3 is 2. The highest BCUT2D eigenvalue weighted by molar-refractivity contribution is 7.18. The zero-order chi connectivity index (χ0) is 16.6. The van der Waals surface area contributed by atoms with Gasteiger partial charge in [0.2, 0.25) is 0 Å². The molecule has 3 aromatic rings. The number of aryl methyl sites for hydroxylation is 2. The van der Waals surface area contributed by atoms with E-state index in [-0.39, 0.29) is 5.56 Å². The van der Waals surface area contributed by atoms with E-state index in [1.165, 1.54) is 0 Å². The third kappa shape index (κ3) is 2.59. The lowest BCUT2D eigenvalue weighted by molar-refractivity contribution is 0.355. The first-order valence-corrected chi connectivity index (χ1v) is 8.15. The zero-order valence-corrected chi connectivity index (χ0v) is 14.3. The third-order valence-electron chi connectivity index (χ3n) is 3.87. The van der Waals surface area contributed by atoms with Gasteiger partial charge in [-0.3, -0.25) is 4.79 Å². The largest absolute Gasteiger partial charge is 0.493 e. The molecule has 120 valence electrons. The molecule has 1 N–H and O–H groups in total. The van der Waals surface area contributed by atoms with Crippen LogP contribution in [0.2, 0.25) is 0 Å². The van der Waals surface area contributed by atoms with Crippen molar-refractivity contribution in [2.75, 3.05) is 14.2 Å². The molecule has 0 unspecified atom stereocenters. The molecule has 0 aliphatic heterocycles. The summed E-state index contributed by atoms with van der Waals surface area (Å²) in [6.07, 6.45) is 0.826. The SMILES string of the molecule is CCc1c(C)sc2nc(-c3ccc(OC)c(OC)c3)[nH]c(=O)c12. The van der Waals surface area contributed by atoms with Gasteiger partial charge in [0, 0.05) is 10.4 Å². The van der Waals surface area contributed by atoms with E-state index in [9.17, 15) is 4.79 Å². The molecule has 2 heterocycles. The third-order valence-corrected chi connectivity index (χ3v) is 4.91. The average Bonchev–Trinajstić information content (AvgIpc) is 2.89. The van der Waals surface area contributed by atoms with Crippen molar-refractivity contribution in [1.82, 2.24) is 9.97 Å². The minimum atomic E-state index is -0.0963. The number of aromatic amines is 1. The molecular weight excluding hydrogens is 312 g/mol. The van der Waals surface area contributed by atoms with Gasteiger partial charge in [-0.05, 0) is 37.1 Å². The molecule has 0 radical (unpaired) electrons. The minimum Gasteiger partial charge on any atom is -0.493 e. The number of thiophene rings is 1. The van der Waals surface area contributed by atoms with E-state index in [4.69, 9.17) is 9.47 Å². The number of hydrogen-bond acceptors (Lipinski definition) is 5. The summed E-state index contributed by atoms with van der Waals surface area (Å²) in [5.41, 5.74) is 1.77. The van der Waals surface area contributed by atoms with Crippen molar-refractivity contribution in [3.63, 3.8) is 0 Å². The van der Waals surface area contributed by atoms with E-state index in [0.717, 1.165) is 27.3 Å². The molecule has 1 aromatic carbocycles. The Morgan fingerprint density at radius 2 is 1.96 bits per heavy atom. The zero-order valence-electron chi connectivity index (χ0n) is 13.5. The average molecular weight is 330 g/mol. The molecule has 0 aliphatic carbocycles. The van der Waals surface area contributed by atoms with E-state index in [2.05, 4.69) is 16.9 Å². The van der Waals surface area contributed by atoms with Gasteiger partial charge in [0.25, 0.3) is 5.56 Å². The number of H-pyrrole nitrogens is 1. The Bertz CT molecular complexity index is 927. The molecule has 0 spiro atoms. The van der Waals surface area contributed by atoms with Crippen LogP contribution < -0.4 is 15.0 Å². The molecule has 23 heavy (non-hydrogen) atoms. The summed E-state index contributed by atoms with van der Waals surface area (Å²) in [5, 5.41) is 0.708. The summed E-state index contributed by atoms with van der Waals surface area (Å²) in [6.45, 7) is 4.08. The van der Waals surface area contributed by atoms with E-state index >= 15 is 0 Å². The summed E-state index contributed by atoms with van der Waals surface area (Å²) in [7, 11) is 3.17. The Hall–Kier alpha value is -2.34. The van der Waals surface area contributed by atoms with Crippen LogP contribution in [0.25, 0.3) is 21.6 Å². The Balaban J connectivity index is 2.20. The van der Waals surface area contributed by atoms with Crippen LogP contribution >= 0.6 is 11.3 Å². The highest BCUT2D eigenvalue weighted by Crippen LogP contribution is 2.32. The first kappa shape index (κ1) is 15.6. The number of ether oxygens (including phenoxy) is 2. The van der Waals surface area contributed by atoms with Crippen LogP contribution in [0.5, 0.6) is 11.5 Å². The quantitative estimate of drug-likeness (QED) is 0.795. The van der Waals surface area contributed by atoms with Crippen LogP contribution in [-0.2, 0) is 6.42 Å². The lowest BCUT2D eigenvalue weighted by Crippen LogP contribution is -2.09. The fraction of sp³-hybridized carbons (Fsp3) is 0.294. The van der Waals surface area contributed by atoms with Crippen LogP contribution in [0.15, 0.2) is 23.0 Å². The first-order chi connectivity index (χ1) is 11.1. The van der Waals surface area contributed by atoms with Crippen LogP contribution in [0.3, 0.4) is 0 Å². The van der Waals surface area contributed by atoms with Gasteiger partial charge in [0.05, 0.1) is 19.6 Å². The van der Waals surface area contributed by atoms with Gasteiger partial charge in [-0.2, -0.15) is 0 Å². The van der Waals surface area contributed by atoms with E-state index in [1.54, 1.807) is 31.6 Å². The molecule has 6 heteroatoms. The second kappa shape index (κ2) is 6.04. The number of nitrogens with one attached hydrogen (secondary N) is 1. The molecule has 0 saturated carbocycles. The maximum absolute atomic E-state index is 12.5. The molecule has 3 rings (SSSR count). The Labute approximate surface area is 137 Å². The Kier molecular flexibility index (Phi) is 4.09. The van der Waals surface area contributed by atoms with Gasteiger partial charge in [-0.1, -0.05) is 6.92 Å². The van der Waals surface area contributed by atoms with Crippen molar-refractivity contribution >= 4 is 21.6 Å².